The van der Waals surface area contributed by atoms with Crippen LogP contribution in [-0.4, -0.2) is 51.4 Å². The Morgan fingerprint density at radius 2 is 2.09 bits per heavy atom. The number of hydrogen-bond acceptors (Lipinski definition) is 4. The van der Waals surface area contributed by atoms with Crippen molar-refractivity contribution < 1.29 is 9.47 Å². The highest BCUT2D eigenvalue weighted by Crippen LogP contribution is 2.20. The Morgan fingerprint density at radius 3 is 2.78 bits per heavy atom. The molecule has 0 heterocycles. The highest BCUT2D eigenvalue weighted by atomic mass is 32.2. The van der Waals surface area contributed by atoms with Gasteiger partial charge in [0.25, 0.3) is 0 Å². The Morgan fingerprint density at radius 1 is 1.26 bits per heavy atom. The summed E-state index contributed by atoms with van der Waals surface area (Å²) in [6.07, 6.45) is 2.09. The zero-order chi connectivity index (χ0) is 16.9. The summed E-state index contributed by atoms with van der Waals surface area (Å²) in [6, 6.07) is 6.25. The van der Waals surface area contributed by atoms with Gasteiger partial charge in [0.15, 0.2) is 5.96 Å². The first-order valence-electron chi connectivity index (χ1n) is 7.94. The summed E-state index contributed by atoms with van der Waals surface area (Å²) in [5.74, 6) is 2.76. The van der Waals surface area contributed by atoms with Crippen LogP contribution in [0.5, 0.6) is 5.75 Å². The number of aryl methyl sites for hydroxylation is 1. The number of nitrogens with zero attached hydrogens (tertiary/aromatic N) is 1. The van der Waals surface area contributed by atoms with Crippen LogP contribution in [0.1, 0.15) is 18.1 Å². The fourth-order valence-electron chi connectivity index (χ4n) is 1.97. The molecule has 130 valence electrons. The van der Waals surface area contributed by atoms with Crippen LogP contribution in [-0.2, 0) is 11.3 Å². The molecule has 0 amide bonds. The molecule has 0 spiro atoms. The molecule has 1 aromatic rings. The first kappa shape index (κ1) is 19.6. The normalized spacial score (nSPS) is 11.4. The monoisotopic (exact) mass is 339 g/mol. The summed E-state index contributed by atoms with van der Waals surface area (Å²) in [5.41, 5.74) is 2.29. The maximum Gasteiger partial charge on any atom is 0.191 e. The second-order valence-electron chi connectivity index (χ2n) is 5.00. The SMILES string of the molecule is CCOCCOc1cc(C)ccc1CNC(=NC)NCCSC. The van der Waals surface area contributed by atoms with Crippen LogP contribution >= 0.6 is 11.8 Å². The van der Waals surface area contributed by atoms with E-state index in [1.807, 2.05) is 18.7 Å². The lowest BCUT2D eigenvalue weighted by Gasteiger charge is -2.15. The van der Waals surface area contributed by atoms with Gasteiger partial charge in [0, 0.05) is 38.1 Å². The summed E-state index contributed by atoms with van der Waals surface area (Å²) in [6.45, 7) is 7.49. The molecule has 1 aromatic carbocycles. The van der Waals surface area contributed by atoms with Gasteiger partial charge >= 0.3 is 0 Å². The van der Waals surface area contributed by atoms with Gasteiger partial charge in [0.2, 0.25) is 0 Å². The van der Waals surface area contributed by atoms with Crippen molar-refractivity contribution in [1.82, 2.24) is 10.6 Å². The number of thioether (sulfide) groups is 1. The van der Waals surface area contributed by atoms with E-state index in [0.717, 1.165) is 29.6 Å². The lowest BCUT2D eigenvalue weighted by Crippen LogP contribution is -2.38. The number of benzene rings is 1. The van der Waals surface area contributed by atoms with Crippen molar-refractivity contribution in [2.75, 3.05) is 45.4 Å². The predicted molar refractivity (Wildman–Crippen MR) is 99.8 cm³/mol. The first-order valence-corrected chi connectivity index (χ1v) is 9.34. The topological polar surface area (TPSA) is 54.9 Å². The molecule has 0 aliphatic heterocycles. The van der Waals surface area contributed by atoms with Crippen molar-refractivity contribution in [3.63, 3.8) is 0 Å². The van der Waals surface area contributed by atoms with Crippen LogP contribution in [0, 0.1) is 6.92 Å². The molecule has 0 atom stereocenters. The fourth-order valence-corrected chi connectivity index (χ4v) is 2.27. The van der Waals surface area contributed by atoms with Crippen molar-refractivity contribution in [2.45, 2.75) is 20.4 Å². The third-order valence-corrected chi connectivity index (χ3v) is 3.79. The summed E-state index contributed by atoms with van der Waals surface area (Å²) < 4.78 is 11.2. The van der Waals surface area contributed by atoms with E-state index in [4.69, 9.17) is 9.47 Å². The van der Waals surface area contributed by atoms with Crippen LogP contribution < -0.4 is 15.4 Å². The van der Waals surface area contributed by atoms with Gasteiger partial charge in [-0.3, -0.25) is 4.99 Å². The Bertz CT molecular complexity index is 481. The minimum atomic E-state index is 0.561. The number of rotatable bonds is 10. The summed E-state index contributed by atoms with van der Waals surface area (Å²) in [7, 11) is 1.78. The van der Waals surface area contributed by atoms with Crippen LogP contribution in [0.4, 0.5) is 0 Å². The van der Waals surface area contributed by atoms with Crippen LogP contribution in [0.25, 0.3) is 0 Å². The molecule has 23 heavy (non-hydrogen) atoms. The molecule has 5 nitrogen and oxygen atoms in total. The minimum Gasteiger partial charge on any atom is -0.491 e. The molecule has 0 fully saturated rings. The maximum absolute atomic E-state index is 5.86. The van der Waals surface area contributed by atoms with Gasteiger partial charge in [0.1, 0.15) is 12.4 Å². The molecule has 2 N–H and O–H groups in total. The molecule has 1 rings (SSSR count). The van der Waals surface area contributed by atoms with E-state index in [1.165, 1.54) is 5.56 Å². The molecule has 0 radical (unpaired) electrons. The molecule has 0 bridgehead atoms. The molecule has 6 heteroatoms. The Kier molecular flexibility index (Phi) is 10.3. The molecule has 0 unspecified atom stereocenters. The average molecular weight is 340 g/mol. The van der Waals surface area contributed by atoms with Crippen molar-refractivity contribution in [2.24, 2.45) is 4.99 Å². The number of hydrogen-bond donors (Lipinski definition) is 2. The summed E-state index contributed by atoms with van der Waals surface area (Å²) >= 11 is 1.81. The standard InChI is InChI=1S/C17H29N3O2S/c1-5-21-9-10-22-16-12-14(2)6-7-15(16)13-20-17(18-3)19-8-11-23-4/h6-7,12H,5,8-11,13H2,1-4H3,(H2,18,19,20). The highest BCUT2D eigenvalue weighted by molar-refractivity contribution is 7.98. The minimum absolute atomic E-state index is 0.561. The zero-order valence-corrected chi connectivity index (χ0v) is 15.5. The van der Waals surface area contributed by atoms with Gasteiger partial charge in [-0.05, 0) is 31.7 Å². The van der Waals surface area contributed by atoms with Crippen LogP contribution in [0.15, 0.2) is 23.2 Å². The zero-order valence-electron chi connectivity index (χ0n) is 14.6. The van der Waals surface area contributed by atoms with Gasteiger partial charge in [-0.2, -0.15) is 11.8 Å². The van der Waals surface area contributed by atoms with E-state index in [0.29, 0.717) is 26.4 Å². The largest absolute Gasteiger partial charge is 0.491 e. The van der Waals surface area contributed by atoms with Crippen LogP contribution in [0.2, 0.25) is 0 Å². The van der Waals surface area contributed by atoms with Gasteiger partial charge < -0.3 is 20.1 Å². The van der Waals surface area contributed by atoms with Crippen molar-refractivity contribution in [3.05, 3.63) is 29.3 Å². The molecule has 0 aromatic heterocycles. The van der Waals surface area contributed by atoms with Gasteiger partial charge in [0.05, 0.1) is 6.61 Å². The van der Waals surface area contributed by atoms with E-state index >= 15 is 0 Å². The molecular formula is C17H29N3O2S. The molecule has 0 aliphatic rings. The maximum atomic E-state index is 5.86. The molecule has 0 saturated heterocycles. The van der Waals surface area contributed by atoms with E-state index in [1.54, 1.807) is 7.05 Å². The van der Waals surface area contributed by atoms with Crippen molar-refractivity contribution >= 4 is 17.7 Å². The molecule has 0 aliphatic carbocycles. The number of aliphatic imine (C=N–C) groups is 1. The smallest absolute Gasteiger partial charge is 0.191 e. The second kappa shape index (κ2) is 12.1. The number of nitrogens with one attached hydrogen (secondary N) is 2. The lowest BCUT2D eigenvalue weighted by molar-refractivity contribution is 0.110. The van der Waals surface area contributed by atoms with Crippen molar-refractivity contribution in [3.8, 4) is 5.75 Å². The van der Waals surface area contributed by atoms with E-state index in [-0.39, 0.29) is 0 Å². The fraction of sp³-hybridized carbons (Fsp3) is 0.588. The third-order valence-electron chi connectivity index (χ3n) is 3.18. The quantitative estimate of drug-likeness (QED) is 0.390. The summed E-state index contributed by atoms with van der Waals surface area (Å²) in [4.78, 5) is 4.23. The number of guanidine groups is 1. The predicted octanol–water partition coefficient (Wildman–Crippen LogP) is 2.44. The average Bonchev–Trinajstić information content (AvgIpc) is 2.56. The first-order chi connectivity index (χ1) is 11.2. The Labute approximate surface area is 144 Å². The second-order valence-corrected chi connectivity index (χ2v) is 5.99. The van der Waals surface area contributed by atoms with Gasteiger partial charge in [-0.25, -0.2) is 0 Å². The molecular weight excluding hydrogens is 310 g/mol. The van der Waals surface area contributed by atoms with Gasteiger partial charge in [-0.15, -0.1) is 0 Å². The summed E-state index contributed by atoms with van der Waals surface area (Å²) in [5, 5.41) is 6.61. The molecule has 0 saturated carbocycles. The number of ether oxygens (including phenoxy) is 2. The highest BCUT2D eigenvalue weighted by Gasteiger charge is 2.06. The Balaban J connectivity index is 2.57. The van der Waals surface area contributed by atoms with E-state index in [2.05, 4.69) is 47.0 Å². The van der Waals surface area contributed by atoms with Gasteiger partial charge in [-0.1, -0.05) is 12.1 Å². The lowest BCUT2D eigenvalue weighted by atomic mass is 10.1. The third kappa shape index (κ3) is 8.13. The Hall–Kier alpha value is -1.40. The van der Waals surface area contributed by atoms with E-state index in [9.17, 15) is 0 Å². The van der Waals surface area contributed by atoms with Crippen LogP contribution in [0.3, 0.4) is 0 Å². The van der Waals surface area contributed by atoms with Crippen molar-refractivity contribution in [1.29, 1.82) is 0 Å². The van der Waals surface area contributed by atoms with E-state index < -0.39 is 0 Å².